The van der Waals surface area contributed by atoms with Crippen LogP contribution in [0.1, 0.15) is 6.92 Å². The van der Waals surface area contributed by atoms with Gasteiger partial charge in [0.1, 0.15) is 12.4 Å². The average Bonchev–Trinajstić information content (AvgIpc) is 2.42. The van der Waals surface area contributed by atoms with Crippen molar-refractivity contribution >= 4 is 11.7 Å². The molecule has 5 heteroatoms. The maximum absolute atomic E-state index is 11.9. The third kappa shape index (κ3) is 4.90. The van der Waals surface area contributed by atoms with E-state index in [9.17, 15) is 4.79 Å². The van der Waals surface area contributed by atoms with Gasteiger partial charge in [0.15, 0.2) is 0 Å². The molecule has 0 aliphatic heterocycles. The molecule has 5 nitrogen and oxygen atoms in total. The number of nitrogens with zero attached hydrogens (tertiary/aromatic N) is 1. The predicted octanol–water partition coefficient (Wildman–Crippen LogP) is 1.54. The first-order valence-corrected chi connectivity index (χ1v) is 6.04. The Morgan fingerprint density at radius 3 is 3.00 bits per heavy atom. The van der Waals surface area contributed by atoms with Crippen LogP contribution >= 0.6 is 0 Å². The maximum Gasteiger partial charge on any atom is 0.321 e. The van der Waals surface area contributed by atoms with Gasteiger partial charge in [0.2, 0.25) is 0 Å². The molecular formula is C14H18N2O3. The highest BCUT2D eigenvalue weighted by Gasteiger charge is 2.10. The number of rotatable bonds is 6. The van der Waals surface area contributed by atoms with Crippen molar-refractivity contribution in [3.63, 3.8) is 0 Å². The van der Waals surface area contributed by atoms with Gasteiger partial charge in [-0.25, -0.2) is 4.79 Å². The quantitative estimate of drug-likeness (QED) is 0.764. The van der Waals surface area contributed by atoms with Crippen LogP contribution in [0.3, 0.4) is 0 Å². The Bertz CT molecular complexity index is 454. The van der Waals surface area contributed by atoms with Crippen LogP contribution in [-0.2, 0) is 0 Å². The van der Waals surface area contributed by atoms with E-state index < -0.39 is 0 Å². The van der Waals surface area contributed by atoms with Gasteiger partial charge in [0.25, 0.3) is 0 Å². The molecule has 102 valence electrons. The second-order valence-electron chi connectivity index (χ2n) is 3.75. The number of hydrogen-bond donors (Lipinski definition) is 2. The van der Waals surface area contributed by atoms with E-state index in [0.29, 0.717) is 24.5 Å². The van der Waals surface area contributed by atoms with Crippen molar-refractivity contribution in [1.29, 1.82) is 0 Å². The summed E-state index contributed by atoms with van der Waals surface area (Å²) >= 11 is 0. The molecule has 1 aromatic rings. The van der Waals surface area contributed by atoms with Gasteiger partial charge in [0, 0.05) is 24.8 Å². The van der Waals surface area contributed by atoms with E-state index >= 15 is 0 Å². The van der Waals surface area contributed by atoms with Crippen molar-refractivity contribution in [2.75, 3.05) is 31.6 Å². The Labute approximate surface area is 113 Å². The highest BCUT2D eigenvalue weighted by Crippen LogP contribution is 2.17. The van der Waals surface area contributed by atoms with Crippen LogP contribution in [-0.4, -0.2) is 42.3 Å². The number of likely N-dealkylation sites (N-methyl/N-ethyl adjacent to an activating group) is 1. The lowest BCUT2D eigenvalue weighted by Crippen LogP contribution is -2.36. The first-order chi connectivity index (χ1) is 9.21. The molecule has 0 heterocycles. The molecular weight excluding hydrogens is 244 g/mol. The summed E-state index contributed by atoms with van der Waals surface area (Å²) in [6.45, 7) is 2.80. The van der Waals surface area contributed by atoms with Gasteiger partial charge in [-0.15, -0.1) is 6.42 Å². The van der Waals surface area contributed by atoms with Crippen molar-refractivity contribution < 1.29 is 14.6 Å². The summed E-state index contributed by atoms with van der Waals surface area (Å²) in [4.78, 5) is 13.4. The molecule has 0 radical (unpaired) electrons. The molecule has 0 spiro atoms. The molecule has 0 fully saturated rings. The smallest absolute Gasteiger partial charge is 0.321 e. The molecule has 0 bridgehead atoms. The normalized spacial score (nSPS) is 9.53. The first-order valence-electron chi connectivity index (χ1n) is 6.04. The standard InChI is InChI=1S/C14H18N2O3/c1-3-10-19-13-7-5-6-12(11-13)15-14(18)16(4-2)8-9-17/h1,5-7,11,17H,4,8-10H2,2H3,(H,15,18). The third-order valence-electron chi connectivity index (χ3n) is 2.45. The van der Waals surface area contributed by atoms with E-state index in [1.807, 2.05) is 6.92 Å². The number of amides is 2. The first kappa shape index (κ1) is 14.9. The van der Waals surface area contributed by atoms with Crippen LogP contribution in [0.15, 0.2) is 24.3 Å². The highest BCUT2D eigenvalue weighted by molar-refractivity contribution is 5.89. The molecule has 2 N–H and O–H groups in total. The van der Waals surface area contributed by atoms with Crippen molar-refractivity contribution in [3.8, 4) is 18.1 Å². The van der Waals surface area contributed by atoms with Crippen molar-refractivity contribution in [1.82, 2.24) is 4.90 Å². The van der Waals surface area contributed by atoms with Crippen LogP contribution in [0, 0.1) is 12.3 Å². The zero-order valence-electron chi connectivity index (χ0n) is 10.9. The summed E-state index contributed by atoms with van der Waals surface area (Å²) < 4.78 is 5.27. The topological polar surface area (TPSA) is 61.8 Å². The number of benzene rings is 1. The van der Waals surface area contributed by atoms with Gasteiger partial charge < -0.3 is 20.1 Å². The summed E-state index contributed by atoms with van der Waals surface area (Å²) in [5.74, 6) is 2.97. The highest BCUT2D eigenvalue weighted by atomic mass is 16.5. The second kappa shape index (κ2) is 8.01. The van der Waals surface area contributed by atoms with Gasteiger partial charge in [-0.1, -0.05) is 12.0 Å². The number of ether oxygens (including phenoxy) is 1. The predicted molar refractivity (Wildman–Crippen MR) is 74.1 cm³/mol. The van der Waals surface area contributed by atoms with E-state index in [1.165, 1.54) is 4.90 Å². The molecule has 1 rings (SSSR count). The fourth-order valence-corrected chi connectivity index (χ4v) is 1.52. The average molecular weight is 262 g/mol. The molecule has 0 aliphatic carbocycles. The van der Waals surface area contributed by atoms with Crippen LogP contribution in [0.4, 0.5) is 10.5 Å². The Balaban J connectivity index is 2.65. The van der Waals surface area contributed by atoms with Gasteiger partial charge >= 0.3 is 6.03 Å². The lowest BCUT2D eigenvalue weighted by molar-refractivity contribution is 0.192. The SMILES string of the molecule is C#CCOc1cccc(NC(=O)N(CC)CCO)c1. The summed E-state index contributed by atoms with van der Waals surface area (Å²) in [5, 5.41) is 11.6. The summed E-state index contributed by atoms with van der Waals surface area (Å²) in [6.07, 6.45) is 5.11. The van der Waals surface area contributed by atoms with E-state index in [4.69, 9.17) is 16.3 Å². The number of anilines is 1. The largest absolute Gasteiger partial charge is 0.481 e. The number of aliphatic hydroxyl groups excluding tert-OH is 1. The summed E-state index contributed by atoms with van der Waals surface area (Å²) in [6, 6.07) is 6.73. The zero-order valence-corrected chi connectivity index (χ0v) is 10.9. The van der Waals surface area contributed by atoms with Gasteiger partial charge in [0.05, 0.1) is 6.61 Å². The summed E-state index contributed by atoms with van der Waals surface area (Å²) in [5.41, 5.74) is 0.621. The number of nitrogens with one attached hydrogen (secondary N) is 1. The molecule has 1 aromatic carbocycles. The second-order valence-corrected chi connectivity index (χ2v) is 3.75. The van der Waals surface area contributed by atoms with Gasteiger partial charge in [-0.2, -0.15) is 0 Å². The molecule has 0 saturated carbocycles. The lowest BCUT2D eigenvalue weighted by atomic mass is 10.3. The summed E-state index contributed by atoms with van der Waals surface area (Å²) in [7, 11) is 0. The Kier molecular flexibility index (Phi) is 6.27. The maximum atomic E-state index is 11.9. The molecule has 0 atom stereocenters. The minimum atomic E-state index is -0.259. The van der Waals surface area contributed by atoms with Gasteiger partial charge in [-0.3, -0.25) is 0 Å². The van der Waals surface area contributed by atoms with E-state index in [1.54, 1.807) is 24.3 Å². The van der Waals surface area contributed by atoms with Crippen molar-refractivity contribution in [3.05, 3.63) is 24.3 Å². The number of carbonyl (C=O) groups is 1. The molecule has 0 unspecified atom stereocenters. The lowest BCUT2D eigenvalue weighted by Gasteiger charge is -2.20. The molecule has 0 aromatic heterocycles. The van der Waals surface area contributed by atoms with Crippen LogP contribution < -0.4 is 10.1 Å². The van der Waals surface area contributed by atoms with E-state index in [-0.39, 0.29) is 19.2 Å². The van der Waals surface area contributed by atoms with E-state index in [2.05, 4.69) is 11.2 Å². The van der Waals surface area contributed by atoms with Gasteiger partial charge in [-0.05, 0) is 19.1 Å². The van der Waals surface area contributed by atoms with E-state index in [0.717, 1.165) is 0 Å². The Morgan fingerprint density at radius 1 is 1.58 bits per heavy atom. The fourth-order valence-electron chi connectivity index (χ4n) is 1.52. The van der Waals surface area contributed by atoms with Crippen molar-refractivity contribution in [2.45, 2.75) is 6.92 Å². The Hall–Kier alpha value is -2.19. The number of hydrogen-bond acceptors (Lipinski definition) is 3. The minimum Gasteiger partial charge on any atom is -0.481 e. The van der Waals surface area contributed by atoms with Crippen molar-refractivity contribution in [2.24, 2.45) is 0 Å². The minimum absolute atomic E-state index is 0.0629. The van der Waals surface area contributed by atoms with Crippen LogP contribution in [0.25, 0.3) is 0 Å². The fraction of sp³-hybridized carbons (Fsp3) is 0.357. The monoisotopic (exact) mass is 262 g/mol. The Morgan fingerprint density at radius 2 is 2.37 bits per heavy atom. The number of aliphatic hydroxyl groups is 1. The van der Waals surface area contributed by atoms with Crippen LogP contribution in [0.5, 0.6) is 5.75 Å². The number of carbonyl (C=O) groups excluding carboxylic acids is 1. The molecule has 19 heavy (non-hydrogen) atoms. The molecule has 2 amide bonds. The molecule has 0 aliphatic rings. The molecule has 0 saturated heterocycles. The number of terminal acetylenes is 1. The van der Waals surface area contributed by atoms with Crippen LogP contribution in [0.2, 0.25) is 0 Å². The number of urea groups is 1. The zero-order chi connectivity index (χ0) is 14.1. The third-order valence-corrected chi connectivity index (χ3v) is 2.45.